The highest BCUT2D eigenvalue weighted by Crippen LogP contribution is 2.39. The van der Waals surface area contributed by atoms with Crippen LogP contribution in [0.15, 0.2) is 34.9 Å². The van der Waals surface area contributed by atoms with Crippen LogP contribution in [0.2, 0.25) is 0 Å². The topological polar surface area (TPSA) is 67.5 Å². The van der Waals surface area contributed by atoms with E-state index in [0.29, 0.717) is 12.8 Å². The number of aliphatic hydroxyl groups is 1. The molecule has 114 valence electrons. The van der Waals surface area contributed by atoms with Crippen molar-refractivity contribution in [3.8, 4) is 0 Å². The molecule has 5 heteroatoms. The normalized spacial score (nSPS) is 25.0. The zero-order chi connectivity index (χ0) is 15.0. The number of para-hydroxylation sites is 1. The molecule has 3 rings (SSSR count). The largest absolute Gasteiger partial charge is 0.464 e. The first-order chi connectivity index (χ1) is 9.97. The van der Waals surface area contributed by atoms with Gasteiger partial charge in [0.1, 0.15) is 15.4 Å². The van der Waals surface area contributed by atoms with E-state index in [1.54, 1.807) is 6.26 Å². The van der Waals surface area contributed by atoms with Gasteiger partial charge in [-0.05, 0) is 31.2 Å². The van der Waals surface area contributed by atoms with Crippen molar-refractivity contribution in [2.45, 2.75) is 37.0 Å². The fraction of sp³-hybridized carbons (Fsp3) is 0.500. The van der Waals surface area contributed by atoms with Crippen LogP contribution in [0.25, 0.3) is 11.0 Å². The van der Waals surface area contributed by atoms with Gasteiger partial charge in [-0.3, -0.25) is 0 Å². The molecule has 2 aromatic rings. The van der Waals surface area contributed by atoms with Crippen molar-refractivity contribution in [2.75, 3.05) is 6.26 Å². The molecule has 0 saturated heterocycles. The first-order valence-corrected chi connectivity index (χ1v) is 9.25. The monoisotopic (exact) mass is 308 g/mol. The quantitative estimate of drug-likeness (QED) is 0.946. The second-order valence-electron chi connectivity index (χ2n) is 6.01. The van der Waals surface area contributed by atoms with Crippen molar-refractivity contribution in [2.24, 2.45) is 5.92 Å². The minimum atomic E-state index is -3.04. The van der Waals surface area contributed by atoms with Crippen molar-refractivity contribution in [3.63, 3.8) is 0 Å². The van der Waals surface area contributed by atoms with Crippen molar-refractivity contribution < 1.29 is 17.9 Å². The van der Waals surface area contributed by atoms with Crippen LogP contribution in [-0.4, -0.2) is 25.0 Å². The molecule has 1 aromatic carbocycles. The van der Waals surface area contributed by atoms with Gasteiger partial charge in [0.25, 0.3) is 0 Å². The highest BCUT2D eigenvalue weighted by Gasteiger charge is 2.33. The molecule has 1 heterocycles. The number of furan rings is 1. The van der Waals surface area contributed by atoms with Crippen LogP contribution in [0.4, 0.5) is 0 Å². The third-order valence-corrected chi connectivity index (χ3v) is 6.19. The second kappa shape index (κ2) is 5.46. The number of rotatable bonds is 3. The SMILES string of the molecule is CS(=O)(=O)C1CCCC(C(O)c2coc3ccccc23)C1. The lowest BCUT2D eigenvalue weighted by molar-refractivity contribution is 0.0862. The molecule has 1 aliphatic rings. The van der Waals surface area contributed by atoms with Gasteiger partial charge < -0.3 is 9.52 Å². The number of hydrogen-bond donors (Lipinski definition) is 1. The molecule has 4 nitrogen and oxygen atoms in total. The van der Waals surface area contributed by atoms with Crippen LogP contribution in [0.3, 0.4) is 0 Å². The minimum Gasteiger partial charge on any atom is -0.464 e. The van der Waals surface area contributed by atoms with Gasteiger partial charge in [-0.2, -0.15) is 0 Å². The third-order valence-electron chi connectivity index (χ3n) is 4.55. The van der Waals surface area contributed by atoms with Crippen molar-refractivity contribution in [1.29, 1.82) is 0 Å². The van der Waals surface area contributed by atoms with E-state index in [4.69, 9.17) is 4.42 Å². The maximum Gasteiger partial charge on any atom is 0.150 e. The lowest BCUT2D eigenvalue weighted by Gasteiger charge is -2.31. The van der Waals surface area contributed by atoms with Gasteiger partial charge in [0.15, 0.2) is 0 Å². The summed E-state index contributed by atoms with van der Waals surface area (Å²) in [4.78, 5) is 0. The minimum absolute atomic E-state index is 0.0283. The second-order valence-corrected chi connectivity index (χ2v) is 8.34. The molecule has 1 N–H and O–H groups in total. The lowest BCUT2D eigenvalue weighted by Crippen LogP contribution is -2.30. The molecule has 3 unspecified atom stereocenters. The smallest absolute Gasteiger partial charge is 0.150 e. The molecule has 1 aliphatic carbocycles. The molecule has 0 radical (unpaired) electrons. The van der Waals surface area contributed by atoms with Gasteiger partial charge in [-0.1, -0.05) is 24.6 Å². The highest BCUT2D eigenvalue weighted by molar-refractivity contribution is 7.91. The Hall–Kier alpha value is -1.33. The standard InChI is InChI=1S/C16H20O4S/c1-21(18,19)12-6-4-5-11(9-12)16(17)14-10-20-15-8-3-2-7-13(14)15/h2-3,7-8,10-12,16-17H,4-6,9H2,1H3. The molecular formula is C16H20O4S. The Labute approximate surface area is 124 Å². The molecule has 0 amide bonds. The summed E-state index contributed by atoms with van der Waals surface area (Å²) in [6.07, 6.45) is 5.15. The van der Waals surface area contributed by atoms with Gasteiger partial charge in [0, 0.05) is 17.2 Å². The third kappa shape index (κ3) is 2.85. The first kappa shape index (κ1) is 14.6. The van der Waals surface area contributed by atoms with E-state index in [-0.39, 0.29) is 11.2 Å². The average molecular weight is 308 g/mol. The highest BCUT2D eigenvalue weighted by atomic mass is 32.2. The zero-order valence-electron chi connectivity index (χ0n) is 12.0. The van der Waals surface area contributed by atoms with Crippen LogP contribution >= 0.6 is 0 Å². The lowest BCUT2D eigenvalue weighted by atomic mass is 9.82. The van der Waals surface area contributed by atoms with E-state index in [0.717, 1.165) is 29.4 Å². The number of sulfone groups is 1. The zero-order valence-corrected chi connectivity index (χ0v) is 12.8. The Morgan fingerprint density at radius 2 is 2.05 bits per heavy atom. The summed E-state index contributed by atoms with van der Waals surface area (Å²) in [6.45, 7) is 0. The molecule has 0 bridgehead atoms. The number of aliphatic hydroxyl groups excluding tert-OH is 1. The summed E-state index contributed by atoms with van der Waals surface area (Å²) in [5.74, 6) is -0.0283. The first-order valence-electron chi connectivity index (χ1n) is 7.30. The van der Waals surface area contributed by atoms with Crippen molar-refractivity contribution in [3.05, 3.63) is 36.1 Å². The van der Waals surface area contributed by atoms with Gasteiger partial charge in [-0.15, -0.1) is 0 Å². The van der Waals surface area contributed by atoms with Gasteiger partial charge >= 0.3 is 0 Å². The summed E-state index contributed by atoms with van der Waals surface area (Å²) in [6, 6.07) is 7.59. The van der Waals surface area contributed by atoms with Gasteiger partial charge in [-0.25, -0.2) is 8.42 Å². The fourth-order valence-corrected chi connectivity index (χ4v) is 4.53. The van der Waals surface area contributed by atoms with Gasteiger partial charge in [0.05, 0.1) is 17.6 Å². The average Bonchev–Trinajstić information content (AvgIpc) is 2.90. The fourth-order valence-electron chi connectivity index (χ4n) is 3.34. The van der Waals surface area contributed by atoms with E-state index in [9.17, 15) is 13.5 Å². The van der Waals surface area contributed by atoms with Crippen LogP contribution in [-0.2, 0) is 9.84 Å². The Balaban J connectivity index is 1.86. The van der Waals surface area contributed by atoms with Crippen LogP contribution in [0.1, 0.15) is 37.4 Å². The summed E-state index contributed by atoms with van der Waals surface area (Å²) in [5, 5.41) is 11.2. The number of benzene rings is 1. The molecule has 0 aliphatic heterocycles. The Kier molecular flexibility index (Phi) is 3.80. The Morgan fingerprint density at radius 3 is 2.81 bits per heavy atom. The number of hydrogen-bond acceptors (Lipinski definition) is 4. The van der Waals surface area contributed by atoms with Crippen molar-refractivity contribution in [1.82, 2.24) is 0 Å². The molecule has 1 aromatic heterocycles. The molecule has 1 saturated carbocycles. The van der Waals surface area contributed by atoms with E-state index in [2.05, 4.69) is 0 Å². The number of fused-ring (bicyclic) bond motifs is 1. The van der Waals surface area contributed by atoms with Crippen LogP contribution < -0.4 is 0 Å². The maximum atomic E-state index is 11.8. The Bertz CT molecular complexity index is 732. The van der Waals surface area contributed by atoms with Crippen LogP contribution in [0, 0.1) is 5.92 Å². The van der Waals surface area contributed by atoms with E-state index in [1.807, 2.05) is 24.3 Å². The summed E-state index contributed by atoms with van der Waals surface area (Å²) >= 11 is 0. The molecule has 3 atom stereocenters. The summed E-state index contributed by atoms with van der Waals surface area (Å²) in [7, 11) is -3.04. The van der Waals surface area contributed by atoms with E-state index in [1.165, 1.54) is 6.26 Å². The molecular weight excluding hydrogens is 288 g/mol. The van der Waals surface area contributed by atoms with Crippen LogP contribution in [0.5, 0.6) is 0 Å². The van der Waals surface area contributed by atoms with Gasteiger partial charge in [0.2, 0.25) is 0 Å². The molecule has 0 spiro atoms. The summed E-state index contributed by atoms with van der Waals surface area (Å²) in [5.41, 5.74) is 1.52. The van der Waals surface area contributed by atoms with E-state index < -0.39 is 15.9 Å². The maximum absolute atomic E-state index is 11.8. The Morgan fingerprint density at radius 1 is 1.29 bits per heavy atom. The van der Waals surface area contributed by atoms with Crippen molar-refractivity contribution >= 4 is 20.8 Å². The predicted octanol–water partition coefficient (Wildman–Crippen LogP) is 3.07. The predicted molar refractivity (Wildman–Crippen MR) is 81.8 cm³/mol. The summed E-state index contributed by atoms with van der Waals surface area (Å²) < 4.78 is 29.0. The molecule has 1 fully saturated rings. The molecule has 21 heavy (non-hydrogen) atoms. The van der Waals surface area contributed by atoms with E-state index >= 15 is 0 Å².